The number of nitrogens with one attached hydrogen (secondary N) is 1. The maximum Gasteiger partial charge on any atom is 0.278 e. The molecule has 1 aliphatic rings. The highest BCUT2D eigenvalue weighted by Crippen LogP contribution is 2.37. The first-order chi connectivity index (χ1) is 14.4. The zero-order valence-electron chi connectivity index (χ0n) is 16.6. The molecule has 1 heterocycles. The minimum atomic E-state index is -0.497. The van der Waals surface area contributed by atoms with Crippen LogP contribution in [0.15, 0.2) is 42.1 Å². The summed E-state index contributed by atoms with van der Waals surface area (Å²) in [6, 6.07) is 9.82. The number of imide groups is 1. The minimum Gasteiger partial charge on any atom is -0.497 e. The summed E-state index contributed by atoms with van der Waals surface area (Å²) >= 11 is 12.4. The fraction of sp³-hybridized carbons (Fsp3) is 0.238. The lowest BCUT2D eigenvalue weighted by molar-refractivity contribution is -0.137. The Labute approximate surface area is 184 Å². The molecule has 30 heavy (non-hydrogen) atoms. The molecule has 0 spiro atoms. The SMILES string of the molecule is COCCN1C(=O)C(Nc2cc(OC)ccc2OC)=C(c2ccc(Cl)cc2Cl)C1=O. The molecule has 2 aromatic rings. The van der Waals surface area contributed by atoms with E-state index in [-0.39, 0.29) is 29.4 Å². The van der Waals surface area contributed by atoms with Crippen molar-refractivity contribution < 1.29 is 23.8 Å². The standard InChI is InChI=1S/C21H20Cl2N2O5/c1-28-9-8-25-20(26)18(14-6-4-12(22)10-15(14)23)19(21(25)27)24-16-11-13(29-2)5-7-17(16)30-3/h4-7,10-11,24H,8-9H2,1-3H3. The van der Waals surface area contributed by atoms with Gasteiger partial charge in [-0.2, -0.15) is 0 Å². The molecule has 0 radical (unpaired) electrons. The van der Waals surface area contributed by atoms with Gasteiger partial charge >= 0.3 is 0 Å². The van der Waals surface area contributed by atoms with E-state index in [2.05, 4.69) is 5.32 Å². The monoisotopic (exact) mass is 450 g/mol. The number of hydrogen-bond donors (Lipinski definition) is 1. The first-order valence-electron chi connectivity index (χ1n) is 8.95. The molecule has 0 saturated heterocycles. The van der Waals surface area contributed by atoms with Gasteiger partial charge in [-0.05, 0) is 24.3 Å². The van der Waals surface area contributed by atoms with E-state index in [4.69, 9.17) is 37.4 Å². The predicted octanol–water partition coefficient (Wildman–Crippen LogP) is 3.85. The van der Waals surface area contributed by atoms with Crippen molar-refractivity contribution in [1.82, 2.24) is 4.90 Å². The van der Waals surface area contributed by atoms with Crippen molar-refractivity contribution in [1.29, 1.82) is 0 Å². The molecule has 3 rings (SSSR count). The Bertz CT molecular complexity index is 1020. The minimum absolute atomic E-state index is 0.0758. The number of hydrogen-bond acceptors (Lipinski definition) is 6. The lowest BCUT2D eigenvalue weighted by Gasteiger charge is -2.15. The second-order valence-electron chi connectivity index (χ2n) is 6.32. The first-order valence-corrected chi connectivity index (χ1v) is 9.70. The van der Waals surface area contributed by atoms with Crippen LogP contribution in [0.1, 0.15) is 5.56 Å². The number of amides is 2. The summed E-state index contributed by atoms with van der Waals surface area (Å²) in [5.41, 5.74) is 1.07. The van der Waals surface area contributed by atoms with Crippen LogP contribution in [0.3, 0.4) is 0 Å². The van der Waals surface area contributed by atoms with E-state index >= 15 is 0 Å². The first kappa shape index (κ1) is 22.0. The van der Waals surface area contributed by atoms with E-state index in [0.717, 1.165) is 4.90 Å². The van der Waals surface area contributed by atoms with Crippen LogP contribution in [0.2, 0.25) is 10.0 Å². The fourth-order valence-corrected chi connectivity index (χ4v) is 3.57. The third-order valence-corrected chi connectivity index (χ3v) is 5.10. The van der Waals surface area contributed by atoms with Gasteiger partial charge in [0.05, 0.1) is 43.7 Å². The molecule has 9 heteroatoms. The van der Waals surface area contributed by atoms with Gasteiger partial charge in [0.15, 0.2) is 0 Å². The highest BCUT2D eigenvalue weighted by atomic mass is 35.5. The van der Waals surface area contributed by atoms with Crippen LogP contribution in [0.5, 0.6) is 11.5 Å². The van der Waals surface area contributed by atoms with Gasteiger partial charge in [-0.15, -0.1) is 0 Å². The fourth-order valence-electron chi connectivity index (χ4n) is 3.07. The maximum atomic E-state index is 13.1. The van der Waals surface area contributed by atoms with Crippen molar-refractivity contribution in [3.63, 3.8) is 0 Å². The predicted molar refractivity (Wildman–Crippen MR) is 115 cm³/mol. The summed E-state index contributed by atoms with van der Waals surface area (Å²) in [4.78, 5) is 27.4. The van der Waals surface area contributed by atoms with Crippen LogP contribution < -0.4 is 14.8 Å². The maximum absolute atomic E-state index is 13.1. The van der Waals surface area contributed by atoms with Crippen LogP contribution in [0, 0.1) is 0 Å². The molecule has 0 unspecified atom stereocenters. The molecular weight excluding hydrogens is 431 g/mol. The Morgan fingerprint density at radius 2 is 1.73 bits per heavy atom. The van der Waals surface area contributed by atoms with Gasteiger partial charge in [0, 0.05) is 23.8 Å². The topological polar surface area (TPSA) is 77.1 Å². The molecule has 1 N–H and O–H groups in total. The average Bonchev–Trinajstić information content (AvgIpc) is 2.96. The Hall–Kier alpha value is -2.74. The molecule has 0 fully saturated rings. The van der Waals surface area contributed by atoms with Gasteiger partial charge < -0.3 is 19.5 Å². The van der Waals surface area contributed by atoms with E-state index in [1.807, 2.05) is 0 Å². The summed E-state index contributed by atoms with van der Waals surface area (Å²) in [5.74, 6) is 0.0482. The van der Waals surface area contributed by atoms with Gasteiger partial charge in [-0.1, -0.05) is 29.3 Å². The van der Waals surface area contributed by atoms with Crippen molar-refractivity contribution in [2.24, 2.45) is 0 Å². The third-order valence-electron chi connectivity index (χ3n) is 4.55. The average molecular weight is 451 g/mol. The summed E-state index contributed by atoms with van der Waals surface area (Å²) in [5, 5.41) is 3.71. The Balaban J connectivity index is 2.13. The molecule has 2 amide bonds. The summed E-state index contributed by atoms with van der Waals surface area (Å²) in [6.07, 6.45) is 0. The molecule has 0 saturated carbocycles. The van der Waals surface area contributed by atoms with Crippen LogP contribution in [-0.2, 0) is 14.3 Å². The smallest absolute Gasteiger partial charge is 0.278 e. The molecule has 1 aliphatic heterocycles. The van der Waals surface area contributed by atoms with Crippen molar-refractivity contribution in [2.45, 2.75) is 0 Å². The lowest BCUT2D eigenvalue weighted by atomic mass is 10.0. The van der Waals surface area contributed by atoms with Crippen LogP contribution in [0.4, 0.5) is 5.69 Å². The van der Waals surface area contributed by atoms with E-state index in [0.29, 0.717) is 27.8 Å². The van der Waals surface area contributed by atoms with Crippen LogP contribution >= 0.6 is 23.2 Å². The number of ether oxygens (including phenoxy) is 3. The second kappa shape index (κ2) is 9.38. The normalized spacial score (nSPS) is 13.8. The number of rotatable bonds is 8. The molecule has 7 nitrogen and oxygen atoms in total. The van der Waals surface area contributed by atoms with Crippen molar-refractivity contribution >= 4 is 46.3 Å². The quantitative estimate of drug-likeness (QED) is 0.615. The van der Waals surface area contributed by atoms with E-state index in [1.54, 1.807) is 30.3 Å². The zero-order chi connectivity index (χ0) is 21.8. The highest BCUT2D eigenvalue weighted by molar-refractivity contribution is 6.41. The number of anilines is 1. The Morgan fingerprint density at radius 1 is 0.967 bits per heavy atom. The van der Waals surface area contributed by atoms with Crippen molar-refractivity contribution in [3.8, 4) is 11.5 Å². The molecule has 0 aliphatic carbocycles. The van der Waals surface area contributed by atoms with Crippen molar-refractivity contribution in [2.75, 3.05) is 39.8 Å². The number of nitrogens with zero attached hydrogens (tertiary/aromatic N) is 1. The van der Waals surface area contributed by atoms with E-state index < -0.39 is 11.8 Å². The summed E-state index contributed by atoms with van der Waals surface area (Å²) < 4.78 is 15.7. The molecule has 158 valence electrons. The van der Waals surface area contributed by atoms with Gasteiger partial charge in [-0.3, -0.25) is 14.5 Å². The summed E-state index contributed by atoms with van der Waals surface area (Å²) in [7, 11) is 4.53. The van der Waals surface area contributed by atoms with Gasteiger partial charge in [0.1, 0.15) is 17.2 Å². The number of benzene rings is 2. The molecule has 2 aromatic carbocycles. The largest absolute Gasteiger partial charge is 0.497 e. The number of carbonyl (C=O) groups is 2. The molecule has 0 bridgehead atoms. The second-order valence-corrected chi connectivity index (χ2v) is 7.16. The summed E-state index contributed by atoms with van der Waals surface area (Å²) in [6.45, 7) is 0.304. The molecule has 0 aromatic heterocycles. The number of halogens is 2. The van der Waals surface area contributed by atoms with E-state index in [1.165, 1.54) is 27.4 Å². The Kier molecular flexibility index (Phi) is 6.87. The number of carbonyl (C=O) groups excluding carboxylic acids is 2. The molecule has 0 atom stereocenters. The van der Waals surface area contributed by atoms with Crippen LogP contribution in [0.25, 0.3) is 5.57 Å². The lowest BCUT2D eigenvalue weighted by Crippen LogP contribution is -2.35. The van der Waals surface area contributed by atoms with E-state index in [9.17, 15) is 9.59 Å². The van der Waals surface area contributed by atoms with Crippen LogP contribution in [-0.4, -0.2) is 51.2 Å². The van der Waals surface area contributed by atoms with Gasteiger partial charge in [0.25, 0.3) is 11.8 Å². The highest BCUT2D eigenvalue weighted by Gasteiger charge is 2.40. The zero-order valence-corrected chi connectivity index (χ0v) is 18.1. The van der Waals surface area contributed by atoms with Gasteiger partial charge in [0.2, 0.25) is 0 Å². The number of methoxy groups -OCH3 is 3. The Morgan fingerprint density at radius 3 is 2.37 bits per heavy atom. The van der Waals surface area contributed by atoms with Gasteiger partial charge in [-0.25, -0.2) is 0 Å². The van der Waals surface area contributed by atoms with Crippen molar-refractivity contribution in [3.05, 3.63) is 57.7 Å². The molecular formula is C21H20Cl2N2O5. The third kappa shape index (κ3) is 4.23.